The predicted molar refractivity (Wildman–Crippen MR) is 42.3 cm³/mol. The second-order valence-electron chi connectivity index (χ2n) is 3.37. The number of carbonyl (C=O) groups excluding carboxylic acids is 2. The molecule has 0 spiro atoms. The molecule has 62 valence electrons. The van der Waals surface area contributed by atoms with Gasteiger partial charge in [-0.2, -0.15) is 0 Å². The molecule has 11 heavy (non-hydrogen) atoms. The Hall–Kier alpha value is -0.660. The average Bonchev–Trinajstić information content (AvgIpc) is 2.07. The van der Waals surface area contributed by atoms with Gasteiger partial charge in [-0.05, 0) is 19.3 Å². The standard InChI is InChI=1S/C9H14O2/c1-2-9(7-10)5-3-8(11)4-6-9/h7H,2-6H2,1H3. The van der Waals surface area contributed by atoms with Crippen LogP contribution in [-0.4, -0.2) is 12.1 Å². The molecule has 2 nitrogen and oxygen atoms in total. The molecular formula is C9H14O2. The van der Waals surface area contributed by atoms with E-state index in [2.05, 4.69) is 0 Å². The molecule has 1 aliphatic rings. The first kappa shape index (κ1) is 8.44. The number of rotatable bonds is 2. The summed E-state index contributed by atoms with van der Waals surface area (Å²) in [5.41, 5.74) is -0.159. The molecule has 1 aliphatic carbocycles. The lowest BCUT2D eigenvalue weighted by molar-refractivity contribution is -0.126. The van der Waals surface area contributed by atoms with Crippen molar-refractivity contribution in [2.45, 2.75) is 39.0 Å². The summed E-state index contributed by atoms with van der Waals surface area (Å²) in [6.45, 7) is 2.02. The summed E-state index contributed by atoms with van der Waals surface area (Å²) < 4.78 is 0. The van der Waals surface area contributed by atoms with E-state index in [1.807, 2.05) is 6.92 Å². The average molecular weight is 154 g/mol. The van der Waals surface area contributed by atoms with Gasteiger partial charge >= 0.3 is 0 Å². The van der Waals surface area contributed by atoms with Crippen molar-refractivity contribution in [1.82, 2.24) is 0 Å². The van der Waals surface area contributed by atoms with Crippen molar-refractivity contribution in [3.05, 3.63) is 0 Å². The van der Waals surface area contributed by atoms with Crippen LogP contribution < -0.4 is 0 Å². The third-order valence-electron chi connectivity index (χ3n) is 2.76. The highest BCUT2D eigenvalue weighted by Gasteiger charge is 2.32. The Labute approximate surface area is 67.0 Å². The van der Waals surface area contributed by atoms with Crippen molar-refractivity contribution in [1.29, 1.82) is 0 Å². The number of ketones is 1. The Morgan fingerprint density at radius 2 is 2.00 bits per heavy atom. The molecule has 0 saturated heterocycles. The van der Waals surface area contributed by atoms with Gasteiger partial charge in [-0.25, -0.2) is 0 Å². The van der Waals surface area contributed by atoms with Crippen molar-refractivity contribution >= 4 is 12.1 Å². The molecule has 0 aromatic rings. The summed E-state index contributed by atoms with van der Waals surface area (Å²) >= 11 is 0. The molecule has 0 N–H and O–H groups in total. The quantitative estimate of drug-likeness (QED) is 0.567. The summed E-state index contributed by atoms with van der Waals surface area (Å²) in [4.78, 5) is 21.6. The van der Waals surface area contributed by atoms with E-state index < -0.39 is 0 Å². The molecule has 2 heteroatoms. The van der Waals surface area contributed by atoms with Crippen LogP contribution in [0, 0.1) is 5.41 Å². The topological polar surface area (TPSA) is 34.1 Å². The van der Waals surface area contributed by atoms with E-state index in [1.165, 1.54) is 0 Å². The molecule has 1 rings (SSSR count). The molecule has 0 aromatic heterocycles. The highest BCUT2D eigenvalue weighted by Crippen LogP contribution is 2.35. The van der Waals surface area contributed by atoms with E-state index in [9.17, 15) is 9.59 Å². The van der Waals surface area contributed by atoms with Gasteiger partial charge in [-0.15, -0.1) is 0 Å². The minimum absolute atomic E-state index is 0.159. The second-order valence-corrected chi connectivity index (χ2v) is 3.37. The van der Waals surface area contributed by atoms with Gasteiger partial charge in [0.05, 0.1) is 0 Å². The van der Waals surface area contributed by atoms with E-state index in [1.54, 1.807) is 0 Å². The lowest BCUT2D eigenvalue weighted by Gasteiger charge is -2.29. The summed E-state index contributed by atoms with van der Waals surface area (Å²) in [6.07, 6.45) is 4.67. The van der Waals surface area contributed by atoms with E-state index in [0.29, 0.717) is 18.6 Å². The van der Waals surface area contributed by atoms with Crippen molar-refractivity contribution in [3.63, 3.8) is 0 Å². The smallest absolute Gasteiger partial charge is 0.132 e. The van der Waals surface area contributed by atoms with Crippen LogP contribution in [0.4, 0.5) is 0 Å². The first-order valence-corrected chi connectivity index (χ1v) is 4.20. The van der Waals surface area contributed by atoms with Gasteiger partial charge in [0.15, 0.2) is 0 Å². The Bertz CT molecular complexity index is 162. The maximum Gasteiger partial charge on any atom is 0.132 e. The molecule has 0 radical (unpaired) electrons. The normalized spacial score (nSPS) is 23.2. The van der Waals surface area contributed by atoms with Crippen molar-refractivity contribution in [2.24, 2.45) is 5.41 Å². The largest absolute Gasteiger partial charge is 0.303 e. The van der Waals surface area contributed by atoms with Crippen LogP contribution in [0.2, 0.25) is 0 Å². The summed E-state index contributed by atoms with van der Waals surface area (Å²) in [6, 6.07) is 0. The maximum absolute atomic E-state index is 10.9. The highest BCUT2D eigenvalue weighted by atomic mass is 16.1. The van der Waals surface area contributed by atoms with E-state index in [4.69, 9.17) is 0 Å². The fourth-order valence-electron chi connectivity index (χ4n) is 1.58. The molecule has 0 aromatic carbocycles. The zero-order chi connectivity index (χ0) is 8.32. The third-order valence-corrected chi connectivity index (χ3v) is 2.76. The monoisotopic (exact) mass is 154 g/mol. The zero-order valence-electron chi connectivity index (χ0n) is 6.93. The van der Waals surface area contributed by atoms with Gasteiger partial charge in [0, 0.05) is 18.3 Å². The van der Waals surface area contributed by atoms with Crippen LogP contribution in [0.15, 0.2) is 0 Å². The van der Waals surface area contributed by atoms with Crippen LogP contribution >= 0.6 is 0 Å². The van der Waals surface area contributed by atoms with Gasteiger partial charge in [-0.3, -0.25) is 4.79 Å². The molecule has 0 unspecified atom stereocenters. The fourth-order valence-corrected chi connectivity index (χ4v) is 1.58. The molecule has 1 saturated carbocycles. The van der Waals surface area contributed by atoms with Gasteiger partial charge in [-0.1, -0.05) is 6.92 Å². The first-order valence-electron chi connectivity index (χ1n) is 4.20. The van der Waals surface area contributed by atoms with Crippen LogP contribution in [-0.2, 0) is 9.59 Å². The molecule has 0 heterocycles. The summed E-state index contributed by atoms with van der Waals surface area (Å²) in [7, 11) is 0. The van der Waals surface area contributed by atoms with E-state index >= 15 is 0 Å². The second kappa shape index (κ2) is 3.16. The van der Waals surface area contributed by atoms with Crippen LogP contribution in [0.3, 0.4) is 0 Å². The minimum Gasteiger partial charge on any atom is -0.303 e. The van der Waals surface area contributed by atoms with Crippen molar-refractivity contribution in [2.75, 3.05) is 0 Å². The third kappa shape index (κ3) is 1.67. The SMILES string of the molecule is CCC1(C=O)CCC(=O)CC1. The van der Waals surface area contributed by atoms with Gasteiger partial charge in [0.25, 0.3) is 0 Å². The number of hydrogen-bond donors (Lipinski definition) is 0. The van der Waals surface area contributed by atoms with E-state index in [-0.39, 0.29) is 5.41 Å². The maximum atomic E-state index is 10.9. The Morgan fingerprint density at radius 1 is 1.45 bits per heavy atom. The Kier molecular flexibility index (Phi) is 2.42. The molecule has 0 atom stereocenters. The Morgan fingerprint density at radius 3 is 2.36 bits per heavy atom. The lowest BCUT2D eigenvalue weighted by Crippen LogP contribution is -2.28. The summed E-state index contributed by atoms with van der Waals surface area (Å²) in [5.74, 6) is 0.316. The van der Waals surface area contributed by atoms with Gasteiger partial charge in [0.1, 0.15) is 12.1 Å². The van der Waals surface area contributed by atoms with Crippen molar-refractivity contribution < 1.29 is 9.59 Å². The van der Waals surface area contributed by atoms with Crippen molar-refractivity contribution in [3.8, 4) is 0 Å². The minimum atomic E-state index is -0.159. The molecular weight excluding hydrogens is 140 g/mol. The van der Waals surface area contributed by atoms with Crippen LogP contribution in [0.25, 0.3) is 0 Å². The molecule has 1 fully saturated rings. The number of hydrogen-bond acceptors (Lipinski definition) is 2. The van der Waals surface area contributed by atoms with Gasteiger partial charge in [0.2, 0.25) is 0 Å². The number of aldehydes is 1. The van der Waals surface area contributed by atoms with Gasteiger partial charge < -0.3 is 4.79 Å². The first-order chi connectivity index (χ1) is 5.22. The Balaban J connectivity index is 2.59. The predicted octanol–water partition coefficient (Wildman–Crippen LogP) is 1.72. The number of carbonyl (C=O) groups is 2. The molecule has 0 bridgehead atoms. The molecule has 0 amide bonds. The summed E-state index contributed by atoms with van der Waals surface area (Å²) in [5, 5.41) is 0. The zero-order valence-corrected chi connectivity index (χ0v) is 6.93. The lowest BCUT2D eigenvalue weighted by atomic mass is 9.73. The van der Waals surface area contributed by atoms with Crippen LogP contribution in [0.5, 0.6) is 0 Å². The van der Waals surface area contributed by atoms with E-state index in [0.717, 1.165) is 25.5 Å². The fraction of sp³-hybridized carbons (Fsp3) is 0.778. The molecule has 0 aliphatic heterocycles. The number of Topliss-reactive ketones (excluding diaryl/α,β-unsaturated/α-hetero) is 1. The van der Waals surface area contributed by atoms with Crippen LogP contribution in [0.1, 0.15) is 39.0 Å². The highest BCUT2D eigenvalue weighted by molar-refractivity contribution is 5.81.